The standard InChI is InChI=1S/C13H26N2OS/c1-2-15(10-12-4-3-7-16-12)13(11-14)5-8-17-9-6-13/h12H,2-11,14H2,1H3. The summed E-state index contributed by atoms with van der Waals surface area (Å²) in [6.45, 7) is 6.19. The van der Waals surface area contributed by atoms with Gasteiger partial charge in [-0.3, -0.25) is 4.90 Å². The molecule has 0 saturated carbocycles. The van der Waals surface area contributed by atoms with E-state index in [9.17, 15) is 0 Å². The maximum absolute atomic E-state index is 6.10. The molecule has 2 heterocycles. The van der Waals surface area contributed by atoms with Crippen LogP contribution in [0.2, 0.25) is 0 Å². The van der Waals surface area contributed by atoms with Crippen molar-refractivity contribution in [1.29, 1.82) is 0 Å². The quantitative estimate of drug-likeness (QED) is 0.815. The van der Waals surface area contributed by atoms with E-state index in [0.29, 0.717) is 6.10 Å². The van der Waals surface area contributed by atoms with Gasteiger partial charge < -0.3 is 10.5 Å². The second-order valence-corrected chi connectivity index (χ2v) is 6.44. The highest BCUT2D eigenvalue weighted by Crippen LogP contribution is 2.32. The predicted octanol–water partition coefficient (Wildman–Crippen LogP) is 1.71. The molecular weight excluding hydrogens is 232 g/mol. The number of hydrogen-bond acceptors (Lipinski definition) is 4. The Bertz CT molecular complexity index is 225. The van der Waals surface area contributed by atoms with Crippen molar-refractivity contribution in [2.75, 3.05) is 37.7 Å². The molecule has 0 amide bonds. The van der Waals surface area contributed by atoms with Crippen molar-refractivity contribution < 1.29 is 4.74 Å². The molecule has 0 aromatic rings. The molecule has 0 radical (unpaired) electrons. The fourth-order valence-electron chi connectivity index (χ4n) is 3.09. The minimum Gasteiger partial charge on any atom is -0.377 e. The molecule has 0 spiro atoms. The molecule has 2 rings (SSSR count). The van der Waals surface area contributed by atoms with Crippen molar-refractivity contribution >= 4 is 11.8 Å². The van der Waals surface area contributed by atoms with Crippen LogP contribution in [0.15, 0.2) is 0 Å². The van der Waals surface area contributed by atoms with Crippen molar-refractivity contribution in [3.8, 4) is 0 Å². The Labute approximate surface area is 109 Å². The Morgan fingerprint density at radius 3 is 2.71 bits per heavy atom. The lowest BCUT2D eigenvalue weighted by Crippen LogP contribution is -2.57. The van der Waals surface area contributed by atoms with Crippen molar-refractivity contribution in [2.45, 2.75) is 44.2 Å². The molecule has 0 aromatic heterocycles. The number of rotatable bonds is 5. The van der Waals surface area contributed by atoms with Gasteiger partial charge in [-0.1, -0.05) is 6.92 Å². The van der Waals surface area contributed by atoms with Crippen LogP contribution in [0.1, 0.15) is 32.6 Å². The SMILES string of the molecule is CCN(CC1CCCO1)C1(CN)CCSCC1. The minimum atomic E-state index is 0.256. The fraction of sp³-hybridized carbons (Fsp3) is 1.00. The third-order valence-electron chi connectivity index (χ3n) is 4.30. The van der Waals surface area contributed by atoms with Crippen LogP contribution in [0.25, 0.3) is 0 Å². The van der Waals surface area contributed by atoms with E-state index in [0.717, 1.165) is 26.2 Å². The lowest BCUT2D eigenvalue weighted by Gasteiger charge is -2.46. The summed E-state index contributed by atoms with van der Waals surface area (Å²) in [4.78, 5) is 2.60. The van der Waals surface area contributed by atoms with Gasteiger partial charge in [0.25, 0.3) is 0 Å². The van der Waals surface area contributed by atoms with E-state index in [4.69, 9.17) is 10.5 Å². The normalized spacial score (nSPS) is 28.8. The maximum atomic E-state index is 6.10. The van der Waals surface area contributed by atoms with Gasteiger partial charge in [0.1, 0.15) is 0 Å². The van der Waals surface area contributed by atoms with Gasteiger partial charge in [-0.2, -0.15) is 11.8 Å². The van der Waals surface area contributed by atoms with Crippen molar-refractivity contribution in [2.24, 2.45) is 5.73 Å². The van der Waals surface area contributed by atoms with E-state index in [1.54, 1.807) is 0 Å². The molecule has 1 atom stereocenters. The molecule has 1 unspecified atom stereocenters. The average molecular weight is 258 g/mol. The van der Waals surface area contributed by atoms with Crippen molar-refractivity contribution in [3.05, 3.63) is 0 Å². The summed E-state index contributed by atoms with van der Waals surface area (Å²) >= 11 is 2.07. The summed E-state index contributed by atoms with van der Waals surface area (Å²) in [6, 6.07) is 0. The van der Waals surface area contributed by atoms with Crippen LogP contribution in [-0.2, 0) is 4.74 Å². The van der Waals surface area contributed by atoms with Gasteiger partial charge in [0.05, 0.1) is 6.10 Å². The zero-order chi connectivity index (χ0) is 12.1. The average Bonchev–Trinajstić information content (AvgIpc) is 2.89. The molecule has 0 aliphatic carbocycles. The number of thioether (sulfide) groups is 1. The summed E-state index contributed by atoms with van der Waals surface area (Å²) in [5.41, 5.74) is 6.35. The minimum absolute atomic E-state index is 0.256. The van der Waals surface area contributed by atoms with E-state index < -0.39 is 0 Å². The van der Waals surface area contributed by atoms with Gasteiger partial charge in [0.15, 0.2) is 0 Å². The second kappa shape index (κ2) is 6.41. The Kier molecular flexibility index (Phi) is 5.15. The van der Waals surface area contributed by atoms with Crippen molar-refractivity contribution in [3.63, 3.8) is 0 Å². The number of ether oxygens (including phenoxy) is 1. The molecule has 2 aliphatic rings. The van der Waals surface area contributed by atoms with Crippen molar-refractivity contribution in [1.82, 2.24) is 4.90 Å². The molecule has 2 aliphatic heterocycles. The fourth-order valence-corrected chi connectivity index (χ4v) is 4.35. The molecule has 2 N–H and O–H groups in total. The lowest BCUT2D eigenvalue weighted by molar-refractivity contribution is 0.0200. The Morgan fingerprint density at radius 2 is 2.18 bits per heavy atom. The van der Waals surface area contributed by atoms with E-state index in [1.165, 1.54) is 37.2 Å². The highest BCUT2D eigenvalue weighted by atomic mass is 32.2. The van der Waals surface area contributed by atoms with E-state index in [2.05, 4.69) is 23.6 Å². The summed E-state index contributed by atoms with van der Waals surface area (Å²) in [5, 5.41) is 0. The molecule has 3 nitrogen and oxygen atoms in total. The largest absolute Gasteiger partial charge is 0.377 e. The summed E-state index contributed by atoms with van der Waals surface area (Å²) in [7, 11) is 0. The number of nitrogens with two attached hydrogens (primary N) is 1. The van der Waals surface area contributed by atoms with Crippen LogP contribution in [0.3, 0.4) is 0 Å². The van der Waals surface area contributed by atoms with Crippen LogP contribution < -0.4 is 5.73 Å². The van der Waals surface area contributed by atoms with Gasteiger partial charge in [-0.15, -0.1) is 0 Å². The third-order valence-corrected chi connectivity index (χ3v) is 5.29. The molecule has 4 heteroatoms. The summed E-state index contributed by atoms with van der Waals surface area (Å²) in [6.07, 6.45) is 5.40. The van der Waals surface area contributed by atoms with Crippen LogP contribution >= 0.6 is 11.8 Å². The van der Waals surface area contributed by atoms with Gasteiger partial charge in [-0.05, 0) is 43.7 Å². The first kappa shape index (κ1) is 13.7. The van der Waals surface area contributed by atoms with Gasteiger partial charge >= 0.3 is 0 Å². The van der Waals surface area contributed by atoms with Gasteiger partial charge in [0.2, 0.25) is 0 Å². The van der Waals surface area contributed by atoms with Gasteiger partial charge in [0, 0.05) is 25.2 Å². The monoisotopic (exact) mass is 258 g/mol. The lowest BCUT2D eigenvalue weighted by atomic mass is 9.89. The first-order valence-electron chi connectivity index (χ1n) is 6.95. The number of likely N-dealkylation sites (N-methyl/N-ethyl adjacent to an activating group) is 1. The van der Waals surface area contributed by atoms with Crippen LogP contribution in [-0.4, -0.2) is 54.3 Å². The molecule has 2 fully saturated rings. The maximum Gasteiger partial charge on any atom is 0.0703 e. The molecule has 17 heavy (non-hydrogen) atoms. The third kappa shape index (κ3) is 3.16. The first-order valence-corrected chi connectivity index (χ1v) is 8.11. The molecule has 2 saturated heterocycles. The van der Waals surface area contributed by atoms with Crippen LogP contribution in [0, 0.1) is 0 Å². The first-order chi connectivity index (χ1) is 8.30. The van der Waals surface area contributed by atoms with E-state index >= 15 is 0 Å². The Morgan fingerprint density at radius 1 is 1.41 bits per heavy atom. The molecular formula is C13H26N2OS. The number of nitrogens with zero attached hydrogens (tertiary/aromatic N) is 1. The molecule has 0 bridgehead atoms. The topological polar surface area (TPSA) is 38.5 Å². The van der Waals surface area contributed by atoms with Crippen LogP contribution in [0.4, 0.5) is 0 Å². The van der Waals surface area contributed by atoms with Gasteiger partial charge in [-0.25, -0.2) is 0 Å². The Balaban J connectivity index is 1.97. The highest BCUT2D eigenvalue weighted by Gasteiger charge is 2.37. The molecule has 0 aromatic carbocycles. The Hall–Kier alpha value is 0.230. The highest BCUT2D eigenvalue weighted by molar-refractivity contribution is 7.99. The summed E-state index contributed by atoms with van der Waals surface area (Å²) in [5.74, 6) is 2.53. The summed E-state index contributed by atoms with van der Waals surface area (Å²) < 4.78 is 5.78. The zero-order valence-electron chi connectivity index (χ0n) is 11.0. The number of hydrogen-bond donors (Lipinski definition) is 1. The predicted molar refractivity (Wildman–Crippen MR) is 74.6 cm³/mol. The van der Waals surface area contributed by atoms with E-state index in [1.807, 2.05) is 0 Å². The second-order valence-electron chi connectivity index (χ2n) is 5.21. The zero-order valence-corrected chi connectivity index (χ0v) is 11.8. The molecule has 100 valence electrons. The van der Waals surface area contributed by atoms with Crippen LogP contribution in [0.5, 0.6) is 0 Å². The smallest absolute Gasteiger partial charge is 0.0703 e. The van der Waals surface area contributed by atoms with E-state index in [-0.39, 0.29) is 5.54 Å².